The van der Waals surface area contributed by atoms with Crippen LogP contribution in [-0.2, 0) is 0 Å². The van der Waals surface area contributed by atoms with E-state index in [4.69, 9.17) is 34.2 Å². The van der Waals surface area contributed by atoms with E-state index >= 15 is 0 Å². The lowest BCUT2D eigenvalue weighted by Gasteiger charge is -2.12. The fourth-order valence-electron chi connectivity index (χ4n) is 1.14. The van der Waals surface area contributed by atoms with Crippen LogP contribution in [0.25, 0.3) is 0 Å². The van der Waals surface area contributed by atoms with Crippen molar-refractivity contribution in [1.29, 1.82) is 5.26 Å². The van der Waals surface area contributed by atoms with Crippen LogP contribution in [0, 0.1) is 11.3 Å². The SMILES string of the molecule is N#CC[C@@H](N)c1c(O)cc(Cl)cc1Cl. The highest BCUT2D eigenvalue weighted by molar-refractivity contribution is 6.35. The second-order valence-electron chi connectivity index (χ2n) is 2.79. The summed E-state index contributed by atoms with van der Waals surface area (Å²) in [6.07, 6.45) is 0.0922. The minimum absolute atomic E-state index is 0.0785. The van der Waals surface area contributed by atoms with E-state index in [1.54, 1.807) is 0 Å². The Morgan fingerprint density at radius 2 is 2.14 bits per heavy atom. The molecule has 5 heteroatoms. The third kappa shape index (κ3) is 2.30. The van der Waals surface area contributed by atoms with E-state index in [0.717, 1.165) is 0 Å². The van der Waals surface area contributed by atoms with Crippen LogP contribution in [0.5, 0.6) is 5.75 Å². The molecule has 0 aliphatic carbocycles. The van der Waals surface area contributed by atoms with Gasteiger partial charge in [0.15, 0.2) is 0 Å². The number of phenols is 1. The van der Waals surface area contributed by atoms with Gasteiger partial charge < -0.3 is 10.8 Å². The van der Waals surface area contributed by atoms with Gasteiger partial charge in [-0.2, -0.15) is 5.26 Å². The fraction of sp³-hybridized carbons (Fsp3) is 0.222. The summed E-state index contributed by atoms with van der Waals surface area (Å²) in [5, 5.41) is 18.6. The van der Waals surface area contributed by atoms with E-state index < -0.39 is 6.04 Å². The van der Waals surface area contributed by atoms with Crippen molar-refractivity contribution >= 4 is 23.2 Å². The first-order valence-corrected chi connectivity index (χ1v) is 4.62. The van der Waals surface area contributed by atoms with E-state index in [1.807, 2.05) is 6.07 Å². The lowest BCUT2D eigenvalue weighted by molar-refractivity contribution is 0.462. The maximum Gasteiger partial charge on any atom is 0.123 e. The van der Waals surface area contributed by atoms with E-state index in [9.17, 15) is 5.11 Å². The summed E-state index contributed by atoms with van der Waals surface area (Å²) in [7, 11) is 0. The Morgan fingerprint density at radius 1 is 1.50 bits per heavy atom. The molecule has 0 spiro atoms. The molecule has 1 rings (SSSR count). The highest BCUT2D eigenvalue weighted by Crippen LogP contribution is 2.34. The number of aromatic hydroxyl groups is 1. The topological polar surface area (TPSA) is 70.0 Å². The minimum atomic E-state index is -0.593. The van der Waals surface area contributed by atoms with Gasteiger partial charge >= 0.3 is 0 Å². The lowest BCUT2D eigenvalue weighted by Crippen LogP contribution is -2.10. The van der Waals surface area contributed by atoms with Crippen molar-refractivity contribution < 1.29 is 5.11 Å². The minimum Gasteiger partial charge on any atom is -0.508 e. The molecule has 74 valence electrons. The number of phenolic OH excluding ortho intramolecular Hbond substituents is 1. The third-order valence-electron chi connectivity index (χ3n) is 1.75. The molecule has 0 saturated carbocycles. The molecule has 0 aliphatic heterocycles. The number of nitrogens with two attached hydrogens (primary N) is 1. The molecule has 3 nitrogen and oxygen atoms in total. The first-order chi connectivity index (χ1) is 6.56. The summed E-state index contributed by atoms with van der Waals surface area (Å²) >= 11 is 11.5. The number of halogens is 2. The molecule has 0 fully saturated rings. The van der Waals surface area contributed by atoms with Crippen LogP contribution in [0.1, 0.15) is 18.0 Å². The number of hydrogen-bond acceptors (Lipinski definition) is 3. The summed E-state index contributed by atoms with van der Waals surface area (Å²) in [5.41, 5.74) is 6.01. The molecule has 0 bridgehead atoms. The van der Waals surface area contributed by atoms with Crippen LogP contribution < -0.4 is 5.73 Å². The van der Waals surface area contributed by atoms with Crippen molar-refractivity contribution in [2.24, 2.45) is 5.73 Å². The van der Waals surface area contributed by atoms with Gasteiger partial charge in [0.05, 0.1) is 17.5 Å². The summed E-state index contributed by atoms with van der Waals surface area (Å²) in [4.78, 5) is 0. The highest BCUT2D eigenvalue weighted by atomic mass is 35.5. The normalized spacial score (nSPS) is 12.1. The van der Waals surface area contributed by atoms with Gasteiger partial charge in [-0.25, -0.2) is 0 Å². The summed E-state index contributed by atoms with van der Waals surface area (Å²) in [6, 6.07) is 4.14. The van der Waals surface area contributed by atoms with Gasteiger partial charge in [-0.3, -0.25) is 0 Å². The number of rotatable bonds is 2. The summed E-state index contributed by atoms with van der Waals surface area (Å²) < 4.78 is 0. The molecule has 1 aromatic carbocycles. The maximum atomic E-state index is 9.51. The Morgan fingerprint density at radius 3 is 2.64 bits per heavy atom. The van der Waals surface area contributed by atoms with Crippen LogP contribution in [0.3, 0.4) is 0 Å². The standard InChI is InChI=1S/C9H8Cl2N2O/c10-5-3-6(11)9(8(14)4-5)7(13)1-2-12/h3-4,7,14H,1,13H2/t7-/m1/s1. The van der Waals surface area contributed by atoms with Gasteiger partial charge in [0.1, 0.15) is 5.75 Å². The maximum absolute atomic E-state index is 9.51. The Balaban J connectivity index is 3.15. The van der Waals surface area contributed by atoms with E-state index in [0.29, 0.717) is 10.6 Å². The number of nitrogens with zero attached hydrogens (tertiary/aromatic N) is 1. The van der Waals surface area contributed by atoms with Crippen molar-refractivity contribution in [3.8, 4) is 11.8 Å². The lowest BCUT2D eigenvalue weighted by atomic mass is 10.0. The average Bonchev–Trinajstić information content (AvgIpc) is 2.01. The molecule has 1 atom stereocenters. The molecule has 0 aromatic heterocycles. The zero-order chi connectivity index (χ0) is 10.7. The van der Waals surface area contributed by atoms with Gasteiger partial charge in [-0.05, 0) is 12.1 Å². The van der Waals surface area contributed by atoms with Crippen LogP contribution in [0.15, 0.2) is 12.1 Å². The third-order valence-corrected chi connectivity index (χ3v) is 2.29. The fourth-order valence-corrected chi connectivity index (χ4v) is 1.76. The zero-order valence-corrected chi connectivity index (χ0v) is 8.68. The van der Waals surface area contributed by atoms with Crippen molar-refractivity contribution in [2.45, 2.75) is 12.5 Å². The monoisotopic (exact) mass is 230 g/mol. The van der Waals surface area contributed by atoms with Crippen molar-refractivity contribution in [3.63, 3.8) is 0 Å². The predicted octanol–water partition coefficient (Wildman–Crippen LogP) is 2.61. The molecule has 0 heterocycles. The van der Waals surface area contributed by atoms with Crippen molar-refractivity contribution in [3.05, 3.63) is 27.7 Å². The number of benzene rings is 1. The van der Waals surface area contributed by atoms with Crippen LogP contribution in [0.4, 0.5) is 0 Å². The number of hydrogen-bond donors (Lipinski definition) is 2. The van der Waals surface area contributed by atoms with E-state index in [2.05, 4.69) is 0 Å². The summed E-state index contributed by atoms with van der Waals surface area (Å²) in [5.74, 6) is -0.0785. The Kier molecular flexibility index (Phi) is 3.59. The van der Waals surface area contributed by atoms with Crippen LogP contribution in [-0.4, -0.2) is 5.11 Å². The predicted molar refractivity (Wildman–Crippen MR) is 55.3 cm³/mol. The first-order valence-electron chi connectivity index (χ1n) is 3.86. The highest BCUT2D eigenvalue weighted by Gasteiger charge is 2.15. The molecule has 0 radical (unpaired) electrons. The Hall–Kier alpha value is -0.950. The molecule has 0 aliphatic rings. The Bertz CT molecular complexity index is 364. The average molecular weight is 231 g/mol. The van der Waals surface area contributed by atoms with Gasteiger partial charge in [-0.1, -0.05) is 23.2 Å². The molecule has 3 N–H and O–H groups in total. The van der Waals surface area contributed by atoms with E-state index in [-0.39, 0.29) is 17.2 Å². The molecule has 0 amide bonds. The smallest absolute Gasteiger partial charge is 0.123 e. The zero-order valence-electron chi connectivity index (χ0n) is 7.17. The molecule has 0 unspecified atom stereocenters. The molecular formula is C9H8Cl2N2O. The second kappa shape index (κ2) is 4.52. The van der Waals surface area contributed by atoms with Gasteiger partial charge in [-0.15, -0.1) is 0 Å². The van der Waals surface area contributed by atoms with Gasteiger partial charge in [0.25, 0.3) is 0 Å². The van der Waals surface area contributed by atoms with E-state index in [1.165, 1.54) is 12.1 Å². The quantitative estimate of drug-likeness (QED) is 0.821. The molecule has 1 aromatic rings. The largest absolute Gasteiger partial charge is 0.508 e. The number of nitriles is 1. The van der Waals surface area contributed by atoms with Crippen molar-refractivity contribution in [2.75, 3.05) is 0 Å². The summed E-state index contributed by atoms with van der Waals surface area (Å²) in [6.45, 7) is 0. The van der Waals surface area contributed by atoms with Crippen LogP contribution >= 0.6 is 23.2 Å². The van der Waals surface area contributed by atoms with Gasteiger partial charge in [0, 0.05) is 16.6 Å². The van der Waals surface area contributed by atoms with Crippen LogP contribution in [0.2, 0.25) is 10.0 Å². The molecule has 14 heavy (non-hydrogen) atoms. The molecular weight excluding hydrogens is 223 g/mol. The Labute approximate surface area is 91.7 Å². The van der Waals surface area contributed by atoms with Crippen molar-refractivity contribution in [1.82, 2.24) is 0 Å². The first kappa shape index (κ1) is 11.1. The molecule has 0 saturated heterocycles. The second-order valence-corrected chi connectivity index (χ2v) is 3.63. The van der Waals surface area contributed by atoms with Gasteiger partial charge in [0.2, 0.25) is 0 Å².